The fourth-order valence-electron chi connectivity index (χ4n) is 1.01. The van der Waals surface area contributed by atoms with Crippen LogP contribution in [0.5, 0.6) is 0 Å². The predicted octanol–water partition coefficient (Wildman–Crippen LogP) is 1.35. The molecule has 12 heavy (non-hydrogen) atoms. The molecule has 3 nitrogen and oxygen atoms in total. The Bertz CT molecular complexity index is 381. The van der Waals surface area contributed by atoms with E-state index in [9.17, 15) is 9.59 Å². The van der Waals surface area contributed by atoms with Gasteiger partial charge in [0.1, 0.15) is 5.69 Å². The summed E-state index contributed by atoms with van der Waals surface area (Å²) >= 11 is 3.20. The minimum atomic E-state index is -0.177. The number of ketones is 1. The van der Waals surface area contributed by atoms with Gasteiger partial charge in [0.25, 0.3) is 5.56 Å². The second kappa shape index (κ2) is 3.23. The molecule has 0 bridgehead atoms. The molecular formula is C8H8BrNO2. The Morgan fingerprint density at radius 2 is 2.08 bits per heavy atom. The zero-order chi connectivity index (χ0) is 9.30. The number of hydrogen-bond acceptors (Lipinski definition) is 2. The van der Waals surface area contributed by atoms with E-state index in [1.54, 1.807) is 13.1 Å². The van der Waals surface area contributed by atoms with Gasteiger partial charge in [-0.1, -0.05) is 0 Å². The van der Waals surface area contributed by atoms with E-state index >= 15 is 0 Å². The Kier molecular flexibility index (Phi) is 2.47. The molecule has 0 aromatic carbocycles. The highest BCUT2D eigenvalue weighted by Gasteiger charge is 2.08. The molecule has 1 heterocycles. The Hall–Kier alpha value is -0.900. The first-order valence-corrected chi connectivity index (χ1v) is 4.20. The zero-order valence-electron chi connectivity index (χ0n) is 6.80. The van der Waals surface area contributed by atoms with Gasteiger partial charge in [0.05, 0.1) is 0 Å². The van der Waals surface area contributed by atoms with Gasteiger partial charge in [-0.15, -0.1) is 0 Å². The number of hydrogen-bond donors (Lipinski definition) is 0. The van der Waals surface area contributed by atoms with Gasteiger partial charge in [-0.2, -0.15) is 0 Å². The Balaban J connectivity index is 3.54. The second-order valence-corrected chi connectivity index (χ2v) is 3.34. The van der Waals surface area contributed by atoms with Crippen LogP contribution < -0.4 is 5.56 Å². The molecule has 1 aromatic rings. The van der Waals surface area contributed by atoms with E-state index in [0.29, 0.717) is 10.2 Å². The Labute approximate surface area is 78.1 Å². The highest BCUT2D eigenvalue weighted by molar-refractivity contribution is 9.10. The van der Waals surface area contributed by atoms with Crippen molar-refractivity contribution in [3.63, 3.8) is 0 Å². The van der Waals surface area contributed by atoms with Crippen LogP contribution in [0, 0.1) is 0 Å². The first-order chi connectivity index (χ1) is 5.54. The number of Topliss-reactive ketones (excluding diaryl/α,β-unsaturated/α-hetero) is 1. The highest BCUT2D eigenvalue weighted by atomic mass is 79.9. The van der Waals surface area contributed by atoms with Gasteiger partial charge in [0.2, 0.25) is 0 Å². The van der Waals surface area contributed by atoms with Crippen LogP contribution in [0.15, 0.2) is 21.4 Å². The molecule has 0 aliphatic carbocycles. The summed E-state index contributed by atoms with van der Waals surface area (Å²) < 4.78 is 1.98. The molecular weight excluding hydrogens is 222 g/mol. The first-order valence-electron chi connectivity index (χ1n) is 3.40. The molecule has 0 saturated heterocycles. The molecule has 0 radical (unpaired) electrons. The van der Waals surface area contributed by atoms with Crippen molar-refractivity contribution < 1.29 is 4.79 Å². The van der Waals surface area contributed by atoms with Gasteiger partial charge in [-0.05, 0) is 22.0 Å². The summed E-state index contributed by atoms with van der Waals surface area (Å²) in [7, 11) is 1.57. The van der Waals surface area contributed by atoms with Crippen LogP contribution in [-0.4, -0.2) is 10.4 Å². The number of rotatable bonds is 1. The lowest BCUT2D eigenvalue weighted by atomic mass is 10.2. The van der Waals surface area contributed by atoms with E-state index in [0.717, 1.165) is 0 Å². The monoisotopic (exact) mass is 229 g/mol. The van der Waals surface area contributed by atoms with Gasteiger partial charge >= 0.3 is 0 Å². The number of carbonyl (C=O) groups is 1. The fourth-order valence-corrected chi connectivity index (χ4v) is 1.69. The van der Waals surface area contributed by atoms with Crippen molar-refractivity contribution in [2.24, 2.45) is 7.05 Å². The molecule has 0 amide bonds. The molecule has 0 aliphatic heterocycles. The molecule has 0 atom stereocenters. The lowest BCUT2D eigenvalue weighted by molar-refractivity contribution is 0.100. The van der Waals surface area contributed by atoms with Crippen LogP contribution in [0.3, 0.4) is 0 Å². The quantitative estimate of drug-likeness (QED) is 0.683. The van der Waals surface area contributed by atoms with Crippen LogP contribution in [0.2, 0.25) is 0 Å². The van der Waals surface area contributed by atoms with E-state index in [2.05, 4.69) is 15.9 Å². The Morgan fingerprint density at radius 3 is 2.50 bits per heavy atom. The number of nitrogens with zero attached hydrogens (tertiary/aromatic N) is 1. The molecule has 0 spiro atoms. The van der Waals surface area contributed by atoms with Crippen molar-refractivity contribution in [3.05, 3.63) is 32.7 Å². The van der Waals surface area contributed by atoms with E-state index in [1.165, 1.54) is 17.6 Å². The maximum absolute atomic E-state index is 11.1. The number of halogens is 1. The van der Waals surface area contributed by atoms with Crippen LogP contribution in [-0.2, 0) is 7.05 Å². The van der Waals surface area contributed by atoms with E-state index in [4.69, 9.17) is 0 Å². The number of aromatic nitrogens is 1. The third kappa shape index (κ3) is 1.48. The first kappa shape index (κ1) is 9.19. The van der Waals surface area contributed by atoms with Crippen LogP contribution in [0.4, 0.5) is 0 Å². The minimum absolute atomic E-state index is 0.123. The van der Waals surface area contributed by atoms with Crippen molar-refractivity contribution in [3.8, 4) is 0 Å². The van der Waals surface area contributed by atoms with Crippen LogP contribution in [0.25, 0.3) is 0 Å². The number of pyridine rings is 1. The summed E-state index contributed by atoms with van der Waals surface area (Å²) in [5.41, 5.74) is 0.228. The van der Waals surface area contributed by atoms with Crippen molar-refractivity contribution in [2.45, 2.75) is 6.92 Å². The maximum atomic E-state index is 11.1. The van der Waals surface area contributed by atoms with E-state index in [-0.39, 0.29) is 11.3 Å². The topological polar surface area (TPSA) is 39.1 Å². The average molecular weight is 230 g/mol. The summed E-state index contributed by atoms with van der Waals surface area (Å²) in [6, 6.07) is 3.00. The van der Waals surface area contributed by atoms with Crippen molar-refractivity contribution in [2.75, 3.05) is 0 Å². The van der Waals surface area contributed by atoms with Crippen LogP contribution in [0.1, 0.15) is 17.4 Å². The Morgan fingerprint density at radius 1 is 1.50 bits per heavy atom. The summed E-state index contributed by atoms with van der Waals surface area (Å²) in [4.78, 5) is 22.1. The molecule has 0 N–H and O–H groups in total. The fraction of sp³-hybridized carbons (Fsp3) is 0.250. The smallest absolute Gasteiger partial charge is 0.250 e. The van der Waals surface area contributed by atoms with Crippen molar-refractivity contribution >= 4 is 21.7 Å². The average Bonchev–Trinajstić information content (AvgIpc) is 1.97. The molecule has 0 unspecified atom stereocenters. The van der Waals surface area contributed by atoms with Gasteiger partial charge in [0.15, 0.2) is 5.78 Å². The third-order valence-electron chi connectivity index (χ3n) is 1.60. The molecule has 1 aromatic heterocycles. The lowest BCUT2D eigenvalue weighted by Gasteiger charge is -2.05. The molecule has 0 saturated carbocycles. The van der Waals surface area contributed by atoms with E-state index < -0.39 is 0 Å². The van der Waals surface area contributed by atoms with E-state index in [1.807, 2.05) is 0 Å². The van der Waals surface area contributed by atoms with Gasteiger partial charge in [0, 0.05) is 24.5 Å². The van der Waals surface area contributed by atoms with Gasteiger partial charge in [-0.25, -0.2) is 0 Å². The SMILES string of the molecule is CC(=O)c1c(Br)ccc(=O)n1C. The molecule has 4 heteroatoms. The largest absolute Gasteiger partial charge is 0.308 e. The standard InChI is InChI=1S/C8H8BrNO2/c1-5(11)8-6(9)3-4-7(12)10(8)2/h3-4H,1-2H3. The van der Waals surface area contributed by atoms with Crippen molar-refractivity contribution in [1.82, 2.24) is 4.57 Å². The molecule has 1 rings (SSSR count). The molecule has 64 valence electrons. The minimum Gasteiger partial charge on any atom is -0.308 e. The van der Waals surface area contributed by atoms with Gasteiger partial charge in [-0.3, -0.25) is 9.59 Å². The van der Waals surface area contributed by atoms with Gasteiger partial charge < -0.3 is 4.57 Å². The predicted molar refractivity (Wildman–Crippen MR) is 49.4 cm³/mol. The highest BCUT2D eigenvalue weighted by Crippen LogP contribution is 2.13. The second-order valence-electron chi connectivity index (χ2n) is 2.48. The normalized spacial score (nSPS) is 9.92. The van der Waals surface area contributed by atoms with Crippen molar-refractivity contribution in [1.29, 1.82) is 0 Å². The third-order valence-corrected chi connectivity index (χ3v) is 2.24. The summed E-state index contributed by atoms with van der Waals surface area (Å²) in [5.74, 6) is -0.123. The number of carbonyl (C=O) groups excluding carboxylic acids is 1. The van der Waals surface area contributed by atoms with Crippen LogP contribution >= 0.6 is 15.9 Å². The molecule has 0 fully saturated rings. The maximum Gasteiger partial charge on any atom is 0.250 e. The lowest BCUT2D eigenvalue weighted by Crippen LogP contribution is -2.21. The summed E-state index contributed by atoms with van der Waals surface area (Å²) in [6.45, 7) is 1.43. The molecule has 0 aliphatic rings. The summed E-state index contributed by atoms with van der Waals surface area (Å²) in [6.07, 6.45) is 0. The zero-order valence-corrected chi connectivity index (χ0v) is 8.38. The summed E-state index contributed by atoms with van der Waals surface area (Å²) in [5, 5.41) is 0.